The third kappa shape index (κ3) is 2.85. The first kappa shape index (κ1) is 14.0. The quantitative estimate of drug-likeness (QED) is 0.803. The SMILES string of the molecule is CN1C=c2cc(-c3ccccc3)sc2=NC1Nc1ccccc1. The van der Waals surface area contributed by atoms with E-state index in [0.717, 1.165) is 10.4 Å². The number of hydrogen-bond donors (Lipinski definition) is 1. The Hall–Kier alpha value is -2.59. The van der Waals surface area contributed by atoms with E-state index in [0.29, 0.717) is 0 Å². The van der Waals surface area contributed by atoms with Gasteiger partial charge < -0.3 is 10.2 Å². The smallest absolute Gasteiger partial charge is 0.197 e. The molecule has 0 amide bonds. The van der Waals surface area contributed by atoms with Crippen LogP contribution in [0.3, 0.4) is 0 Å². The summed E-state index contributed by atoms with van der Waals surface area (Å²) in [7, 11) is 2.05. The average molecular weight is 319 g/mol. The number of rotatable bonds is 3. The fraction of sp³-hybridized carbons (Fsp3) is 0.105. The highest BCUT2D eigenvalue weighted by molar-refractivity contribution is 7.13. The standard InChI is InChI=1S/C19H17N3S/c1-22-13-15-12-17(14-8-4-2-5-9-14)23-18(15)21-19(22)20-16-10-6-3-7-11-16/h2-13,19-20H,1H3. The van der Waals surface area contributed by atoms with E-state index >= 15 is 0 Å². The molecular weight excluding hydrogens is 302 g/mol. The minimum absolute atomic E-state index is 0.0767. The van der Waals surface area contributed by atoms with Gasteiger partial charge in [0.2, 0.25) is 0 Å². The second-order valence-corrected chi connectivity index (χ2v) is 6.58. The Bertz CT molecular complexity index is 916. The van der Waals surface area contributed by atoms with E-state index in [9.17, 15) is 0 Å². The molecule has 1 N–H and O–H groups in total. The monoisotopic (exact) mass is 319 g/mol. The van der Waals surface area contributed by atoms with Crippen molar-refractivity contribution >= 4 is 23.2 Å². The van der Waals surface area contributed by atoms with Crippen molar-refractivity contribution in [3.05, 3.63) is 76.6 Å². The largest absolute Gasteiger partial charge is 0.347 e. The normalized spacial score (nSPS) is 16.2. The molecule has 1 atom stereocenters. The molecule has 23 heavy (non-hydrogen) atoms. The van der Waals surface area contributed by atoms with Crippen molar-refractivity contribution in [3.63, 3.8) is 0 Å². The molecule has 3 aromatic rings. The van der Waals surface area contributed by atoms with Crippen LogP contribution < -0.4 is 15.2 Å². The third-order valence-electron chi connectivity index (χ3n) is 3.84. The predicted octanol–water partition coefficient (Wildman–Crippen LogP) is 3.11. The van der Waals surface area contributed by atoms with E-state index in [1.54, 1.807) is 11.3 Å². The molecule has 114 valence electrons. The Morgan fingerprint density at radius 2 is 1.70 bits per heavy atom. The number of hydrogen-bond acceptors (Lipinski definition) is 4. The van der Waals surface area contributed by atoms with Crippen molar-refractivity contribution in [1.82, 2.24) is 4.90 Å². The number of benzene rings is 2. The first-order chi connectivity index (χ1) is 11.3. The highest BCUT2D eigenvalue weighted by Crippen LogP contribution is 2.20. The maximum Gasteiger partial charge on any atom is 0.197 e. The van der Waals surface area contributed by atoms with Crippen LogP contribution in [0, 0.1) is 0 Å². The van der Waals surface area contributed by atoms with Gasteiger partial charge in [-0.3, -0.25) is 0 Å². The molecule has 0 spiro atoms. The van der Waals surface area contributed by atoms with Crippen molar-refractivity contribution in [2.24, 2.45) is 4.99 Å². The van der Waals surface area contributed by atoms with Crippen molar-refractivity contribution in [2.75, 3.05) is 12.4 Å². The average Bonchev–Trinajstić information content (AvgIpc) is 3.00. The lowest BCUT2D eigenvalue weighted by atomic mass is 10.2. The molecule has 0 aliphatic carbocycles. The van der Waals surface area contributed by atoms with Gasteiger partial charge in [0, 0.05) is 29.0 Å². The van der Waals surface area contributed by atoms with Crippen LogP contribution in [0.5, 0.6) is 0 Å². The van der Waals surface area contributed by atoms with Gasteiger partial charge >= 0.3 is 0 Å². The molecule has 1 aromatic heterocycles. The summed E-state index contributed by atoms with van der Waals surface area (Å²) < 4.78 is 1.08. The van der Waals surface area contributed by atoms with E-state index in [2.05, 4.69) is 58.9 Å². The summed E-state index contributed by atoms with van der Waals surface area (Å²) in [5.41, 5.74) is 2.32. The number of nitrogens with one attached hydrogen (secondary N) is 1. The minimum atomic E-state index is -0.0767. The zero-order chi connectivity index (χ0) is 15.6. The van der Waals surface area contributed by atoms with Crippen LogP contribution in [0.1, 0.15) is 0 Å². The summed E-state index contributed by atoms with van der Waals surface area (Å²) in [6, 6.07) is 22.9. The van der Waals surface area contributed by atoms with E-state index in [1.165, 1.54) is 15.7 Å². The third-order valence-corrected chi connectivity index (χ3v) is 4.94. The molecule has 0 fully saturated rings. The van der Waals surface area contributed by atoms with E-state index in [4.69, 9.17) is 4.99 Å². The Kier molecular flexibility index (Phi) is 3.60. The molecule has 3 nitrogen and oxygen atoms in total. The van der Waals surface area contributed by atoms with Gasteiger partial charge in [0.1, 0.15) is 4.67 Å². The zero-order valence-electron chi connectivity index (χ0n) is 12.8. The maximum atomic E-state index is 4.87. The number of para-hydroxylation sites is 1. The maximum absolute atomic E-state index is 4.87. The summed E-state index contributed by atoms with van der Waals surface area (Å²) in [6.07, 6.45) is 2.08. The van der Waals surface area contributed by atoms with Gasteiger partial charge in [-0.1, -0.05) is 48.5 Å². The van der Waals surface area contributed by atoms with Crippen LogP contribution in [0.2, 0.25) is 0 Å². The zero-order valence-corrected chi connectivity index (χ0v) is 13.6. The fourth-order valence-corrected chi connectivity index (χ4v) is 3.67. The number of fused-ring (bicyclic) bond motifs is 1. The van der Waals surface area contributed by atoms with Gasteiger partial charge in [0.15, 0.2) is 6.29 Å². The van der Waals surface area contributed by atoms with Crippen molar-refractivity contribution in [1.29, 1.82) is 0 Å². The second-order valence-electron chi connectivity index (χ2n) is 5.54. The molecular formula is C19H17N3S. The molecule has 0 saturated heterocycles. The molecule has 1 aliphatic heterocycles. The summed E-state index contributed by atoms with van der Waals surface area (Å²) in [5.74, 6) is 0. The molecule has 0 saturated carbocycles. The molecule has 0 bridgehead atoms. The summed E-state index contributed by atoms with van der Waals surface area (Å²) in [5, 5.41) is 4.64. The molecule has 2 heterocycles. The molecule has 1 unspecified atom stereocenters. The highest BCUT2D eigenvalue weighted by Gasteiger charge is 2.15. The van der Waals surface area contributed by atoms with Crippen molar-refractivity contribution in [2.45, 2.75) is 6.29 Å². The van der Waals surface area contributed by atoms with Crippen LogP contribution in [0.25, 0.3) is 16.6 Å². The summed E-state index contributed by atoms with van der Waals surface area (Å²) in [6.45, 7) is 0. The molecule has 2 aromatic carbocycles. The molecule has 4 rings (SSSR count). The van der Waals surface area contributed by atoms with E-state index < -0.39 is 0 Å². The second kappa shape index (κ2) is 5.89. The lowest BCUT2D eigenvalue weighted by Crippen LogP contribution is -2.41. The van der Waals surface area contributed by atoms with Gasteiger partial charge in [-0.15, -0.1) is 11.3 Å². The topological polar surface area (TPSA) is 27.6 Å². The molecule has 4 heteroatoms. The van der Waals surface area contributed by atoms with Gasteiger partial charge in [0.25, 0.3) is 0 Å². The van der Waals surface area contributed by atoms with Gasteiger partial charge in [-0.25, -0.2) is 4.99 Å². The van der Waals surface area contributed by atoms with Crippen molar-refractivity contribution in [3.8, 4) is 10.4 Å². The first-order valence-corrected chi connectivity index (χ1v) is 8.40. The number of anilines is 1. The lowest BCUT2D eigenvalue weighted by molar-refractivity contribution is 0.393. The Morgan fingerprint density at radius 3 is 2.43 bits per heavy atom. The van der Waals surface area contributed by atoms with Crippen LogP contribution >= 0.6 is 11.3 Å². The van der Waals surface area contributed by atoms with Crippen LogP contribution in [-0.2, 0) is 0 Å². The van der Waals surface area contributed by atoms with Crippen LogP contribution in [0.15, 0.2) is 71.7 Å². The Morgan fingerprint density at radius 1 is 1.00 bits per heavy atom. The van der Waals surface area contributed by atoms with E-state index in [-0.39, 0.29) is 6.29 Å². The van der Waals surface area contributed by atoms with Gasteiger partial charge in [0.05, 0.1) is 0 Å². The Balaban J connectivity index is 1.69. The van der Waals surface area contributed by atoms with Crippen molar-refractivity contribution < 1.29 is 0 Å². The fourth-order valence-electron chi connectivity index (χ4n) is 2.64. The highest BCUT2D eigenvalue weighted by atomic mass is 32.1. The van der Waals surface area contributed by atoms with Crippen LogP contribution in [-0.4, -0.2) is 18.2 Å². The first-order valence-electron chi connectivity index (χ1n) is 7.58. The number of thiophene rings is 1. The van der Waals surface area contributed by atoms with Gasteiger partial charge in [-0.2, -0.15) is 0 Å². The lowest BCUT2D eigenvalue weighted by Gasteiger charge is -2.26. The molecule has 0 radical (unpaired) electrons. The minimum Gasteiger partial charge on any atom is -0.347 e. The predicted molar refractivity (Wildman–Crippen MR) is 96.6 cm³/mol. The van der Waals surface area contributed by atoms with E-state index in [1.807, 2.05) is 31.3 Å². The van der Waals surface area contributed by atoms with Crippen LogP contribution in [0.4, 0.5) is 5.69 Å². The summed E-state index contributed by atoms with van der Waals surface area (Å²) >= 11 is 1.74. The Labute approximate surface area is 139 Å². The summed E-state index contributed by atoms with van der Waals surface area (Å²) in [4.78, 5) is 8.23. The molecule has 1 aliphatic rings. The number of nitrogens with zero attached hydrogens (tertiary/aromatic N) is 2. The van der Waals surface area contributed by atoms with Gasteiger partial charge in [-0.05, 0) is 23.8 Å².